The Hall–Kier alpha value is -2.00. The van der Waals surface area contributed by atoms with Crippen LogP contribution in [0.4, 0.5) is 0 Å². The summed E-state index contributed by atoms with van der Waals surface area (Å²) in [7, 11) is 3.57. The van der Waals surface area contributed by atoms with Crippen LogP contribution < -0.4 is 16.4 Å². The van der Waals surface area contributed by atoms with Crippen LogP contribution in [0.25, 0.3) is 0 Å². The molecule has 1 aromatic carbocycles. The number of carbonyl (C=O) groups is 2. The van der Waals surface area contributed by atoms with Gasteiger partial charge < -0.3 is 31.1 Å². The number of hydrogen-bond acceptors (Lipinski definition) is 7. The molecule has 1 amide bonds. The first kappa shape index (κ1) is 38.2. The summed E-state index contributed by atoms with van der Waals surface area (Å²) in [6.45, 7) is 11.4. The molecule has 276 valence electrons. The zero-order chi connectivity index (χ0) is 35.2. The first-order valence-corrected chi connectivity index (χ1v) is 19.7. The van der Waals surface area contributed by atoms with E-state index in [1.165, 1.54) is 58.5 Å². The van der Waals surface area contributed by atoms with Gasteiger partial charge in [-0.3, -0.25) is 4.79 Å². The van der Waals surface area contributed by atoms with Crippen LogP contribution in [0.5, 0.6) is 0 Å². The van der Waals surface area contributed by atoms with Crippen LogP contribution in [0.1, 0.15) is 103 Å². The fourth-order valence-electron chi connectivity index (χ4n) is 11.5. The van der Waals surface area contributed by atoms with Crippen LogP contribution in [-0.4, -0.2) is 80.4 Å². The van der Waals surface area contributed by atoms with Crippen LogP contribution >= 0.6 is 0 Å². The molecule has 1 aromatic rings. The standard InChI is InChI=1S/C41H68N4O4/c1-28(13-16-37(47)44-35(39(48)49-5)25-29-11-7-6-8-12-29)32-14-15-33-38-34(18-20-41(32,33)3)40(2)19-17-31(26-30(40)27-36(38)46)43-22-10-24-45(4)23-9-21-42/h6-8,11-12,28,30-36,38,43,46H,9-10,13-27,42H2,1-5H3,(H,44,47)/t28-,30+,31+,32?,33?,34?,35+,36-,38?,40+,41-/m1/s1. The third-order valence-corrected chi connectivity index (χ3v) is 14.3. The number of ether oxygens (including phenoxy) is 1. The Labute approximate surface area is 297 Å². The number of aliphatic hydroxyl groups excluding tert-OH is 1. The molecule has 8 nitrogen and oxygen atoms in total. The topological polar surface area (TPSA) is 117 Å². The summed E-state index contributed by atoms with van der Waals surface area (Å²) < 4.78 is 5.02. The number of hydrogen-bond donors (Lipinski definition) is 4. The molecule has 8 heteroatoms. The van der Waals surface area contributed by atoms with E-state index in [9.17, 15) is 14.7 Å². The molecule has 11 atom stereocenters. The zero-order valence-electron chi connectivity index (χ0n) is 31.3. The third kappa shape index (κ3) is 8.73. The third-order valence-electron chi connectivity index (χ3n) is 14.3. The fourth-order valence-corrected chi connectivity index (χ4v) is 11.5. The van der Waals surface area contributed by atoms with E-state index in [4.69, 9.17) is 10.5 Å². The van der Waals surface area contributed by atoms with Crippen LogP contribution in [0.3, 0.4) is 0 Å². The van der Waals surface area contributed by atoms with E-state index in [1.54, 1.807) is 0 Å². The van der Waals surface area contributed by atoms with Crippen molar-refractivity contribution in [2.24, 2.45) is 52.1 Å². The number of amides is 1. The summed E-state index contributed by atoms with van der Waals surface area (Å²) in [5.74, 6) is 2.64. The van der Waals surface area contributed by atoms with Crippen molar-refractivity contribution in [2.75, 3.05) is 40.3 Å². The number of fused-ring (bicyclic) bond motifs is 5. The van der Waals surface area contributed by atoms with Gasteiger partial charge in [0.05, 0.1) is 13.2 Å². The van der Waals surface area contributed by atoms with Crippen LogP contribution in [0.2, 0.25) is 0 Å². The first-order chi connectivity index (χ1) is 23.5. The van der Waals surface area contributed by atoms with Crippen molar-refractivity contribution < 1.29 is 19.4 Å². The normalized spacial score (nSPS) is 35.1. The van der Waals surface area contributed by atoms with E-state index in [0.29, 0.717) is 59.8 Å². The number of benzene rings is 1. The highest BCUT2D eigenvalue weighted by atomic mass is 16.5. The predicted molar refractivity (Wildman–Crippen MR) is 197 cm³/mol. The van der Waals surface area contributed by atoms with Crippen molar-refractivity contribution in [1.29, 1.82) is 0 Å². The summed E-state index contributed by atoms with van der Waals surface area (Å²) >= 11 is 0. The summed E-state index contributed by atoms with van der Waals surface area (Å²) in [5.41, 5.74) is 7.20. The zero-order valence-corrected chi connectivity index (χ0v) is 31.3. The number of nitrogens with two attached hydrogens (primary N) is 1. The van der Waals surface area contributed by atoms with Crippen molar-refractivity contribution in [3.8, 4) is 0 Å². The van der Waals surface area contributed by atoms with Gasteiger partial charge in [-0.15, -0.1) is 0 Å². The Balaban J connectivity index is 1.13. The molecule has 0 heterocycles. The number of aliphatic hydroxyl groups is 1. The van der Waals surface area contributed by atoms with Crippen LogP contribution in [0.15, 0.2) is 30.3 Å². The molecule has 0 aromatic heterocycles. The highest BCUT2D eigenvalue weighted by Crippen LogP contribution is 2.68. The maximum Gasteiger partial charge on any atom is 0.328 e. The molecule has 49 heavy (non-hydrogen) atoms. The smallest absolute Gasteiger partial charge is 0.328 e. The minimum atomic E-state index is -0.679. The lowest BCUT2D eigenvalue weighted by atomic mass is 9.43. The van der Waals surface area contributed by atoms with Gasteiger partial charge in [-0.25, -0.2) is 4.79 Å². The van der Waals surface area contributed by atoms with Crippen molar-refractivity contribution in [3.63, 3.8) is 0 Å². The lowest BCUT2D eigenvalue weighted by Crippen LogP contribution is -2.59. The van der Waals surface area contributed by atoms with Gasteiger partial charge in [0, 0.05) is 18.9 Å². The summed E-state index contributed by atoms with van der Waals surface area (Å²) in [6.07, 6.45) is 13.2. The average Bonchev–Trinajstić information content (AvgIpc) is 3.45. The number of carbonyl (C=O) groups excluding carboxylic acids is 2. The minimum Gasteiger partial charge on any atom is -0.467 e. The van der Waals surface area contributed by atoms with E-state index in [0.717, 1.165) is 51.0 Å². The molecule has 0 spiro atoms. The van der Waals surface area contributed by atoms with E-state index >= 15 is 0 Å². The number of methoxy groups -OCH3 is 1. The van der Waals surface area contributed by atoms with Crippen LogP contribution in [0, 0.1) is 46.3 Å². The molecule has 0 aliphatic heterocycles. The molecular weight excluding hydrogens is 612 g/mol. The Bertz CT molecular complexity index is 1220. The van der Waals surface area contributed by atoms with Gasteiger partial charge in [-0.2, -0.15) is 0 Å². The Morgan fingerprint density at radius 2 is 1.73 bits per heavy atom. The highest BCUT2D eigenvalue weighted by molar-refractivity contribution is 5.84. The van der Waals surface area contributed by atoms with Crippen molar-refractivity contribution in [1.82, 2.24) is 15.5 Å². The molecule has 0 saturated heterocycles. The second-order valence-electron chi connectivity index (χ2n) is 17.1. The molecule has 5 N–H and O–H groups in total. The highest BCUT2D eigenvalue weighted by Gasteiger charge is 2.62. The average molecular weight is 681 g/mol. The van der Waals surface area contributed by atoms with Crippen LogP contribution in [-0.2, 0) is 20.7 Å². The molecule has 4 unspecified atom stereocenters. The molecule has 4 aliphatic rings. The maximum atomic E-state index is 13.1. The maximum absolute atomic E-state index is 13.1. The summed E-state index contributed by atoms with van der Waals surface area (Å²) in [4.78, 5) is 28.0. The summed E-state index contributed by atoms with van der Waals surface area (Å²) in [6, 6.07) is 9.66. The second-order valence-corrected chi connectivity index (χ2v) is 17.1. The lowest BCUT2D eigenvalue weighted by molar-refractivity contribution is -0.167. The molecule has 0 bridgehead atoms. The van der Waals surface area contributed by atoms with Gasteiger partial charge in [-0.1, -0.05) is 51.1 Å². The van der Waals surface area contributed by atoms with Gasteiger partial charge in [0.2, 0.25) is 5.91 Å². The molecule has 5 rings (SSSR count). The molecule has 4 saturated carbocycles. The minimum absolute atomic E-state index is 0.0804. The number of nitrogens with zero attached hydrogens (tertiary/aromatic N) is 1. The van der Waals surface area contributed by atoms with Gasteiger partial charge in [0.25, 0.3) is 0 Å². The molecule has 4 fully saturated rings. The SMILES string of the molecule is COC(=O)[C@H](Cc1ccccc1)NC(=O)CC[C@@H](C)C1CCC2C3C(CC[C@@]21C)[C@@]1(C)CC[C@H](NCCCN(C)CCCN)C[C@H]1C[C@H]3O. The van der Waals surface area contributed by atoms with E-state index < -0.39 is 12.0 Å². The van der Waals surface area contributed by atoms with Crippen molar-refractivity contribution >= 4 is 11.9 Å². The second kappa shape index (κ2) is 17.0. The van der Waals surface area contributed by atoms with Gasteiger partial charge in [0.15, 0.2) is 0 Å². The first-order valence-electron chi connectivity index (χ1n) is 19.7. The van der Waals surface area contributed by atoms with Gasteiger partial charge >= 0.3 is 5.97 Å². The molecule has 0 radical (unpaired) electrons. The van der Waals surface area contributed by atoms with Gasteiger partial charge in [0.1, 0.15) is 6.04 Å². The van der Waals surface area contributed by atoms with E-state index in [1.807, 2.05) is 30.3 Å². The van der Waals surface area contributed by atoms with Crippen molar-refractivity contribution in [3.05, 3.63) is 35.9 Å². The van der Waals surface area contributed by atoms with Crippen molar-refractivity contribution in [2.45, 2.75) is 122 Å². The largest absolute Gasteiger partial charge is 0.467 e. The quantitative estimate of drug-likeness (QED) is 0.133. The van der Waals surface area contributed by atoms with E-state index in [2.05, 4.69) is 43.4 Å². The fraction of sp³-hybridized carbons (Fsp3) is 0.805. The molecule has 4 aliphatic carbocycles. The molecular formula is C41H68N4O4. The summed E-state index contributed by atoms with van der Waals surface area (Å²) in [5, 5.41) is 18.8. The Morgan fingerprint density at radius 1 is 1.02 bits per heavy atom. The van der Waals surface area contributed by atoms with Gasteiger partial charge in [-0.05, 0) is 156 Å². The monoisotopic (exact) mass is 681 g/mol. The Morgan fingerprint density at radius 3 is 2.47 bits per heavy atom. The number of esters is 1. The number of rotatable bonds is 16. The van der Waals surface area contributed by atoms with E-state index in [-0.39, 0.29) is 17.4 Å². The lowest BCUT2D eigenvalue weighted by Gasteiger charge is -2.62. The Kier molecular flexibility index (Phi) is 13.3. The predicted octanol–water partition coefficient (Wildman–Crippen LogP) is 5.56. The number of nitrogens with one attached hydrogen (secondary N) is 2.